The number of ether oxygens (including phenoxy) is 1. The lowest BCUT2D eigenvalue weighted by Gasteiger charge is -2.30. The SMILES string of the molecule is O=C(COc1cccc2c1CCN(Cc1ccc(Cl)cc1)C2=O)NC1CCCCC1. The van der Waals surface area contributed by atoms with Crippen LogP contribution in [0.1, 0.15) is 53.6 Å². The van der Waals surface area contributed by atoms with Crippen LogP contribution in [0.4, 0.5) is 0 Å². The van der Waals surface area contributed by atoms with E-state index in [-0.39, 0.29) is 24.5 Å². The highest BCUT2D eigenvalue weighted by Crippen LogP contribution is 2.29. The van der Waals surface area contributed by atoms with E-state index in [1.807, 2.05) is 47.4 Å². The number of nitrogens with one attached hydrogen (secondary N) is 1. The standard InChI is InChI=1S/C24H27ClN2O3/c25-18-11-9-17(10-12-18)15-27-14-13-20-21(24(27)29)7-4-8-22(20)30-16-23(28)26-19-5-2-1-3-6-19/h4,7-12,19H,1-3,5-6,13-16H2,(H,26,28). The van der Waals surface area contributed by atoms with Gasteiger partial charge in [0.15, 0.2) is 6.61 Å². The van der Waals surface area contributed by atoms with Crippen molar-refractivity contribution in [3.63, 3.8) is 0 Å². The third kappa shape index (κ3) is 4.96. The van der Waals surface area contributed by atoms with E-state index in [1.165, 1.54) is 19.3 Å². The van der Waals surface area contributed by atoms with Crippen LogP contribution in [-0.4, -0.2) is 35.9 Å². The number of carbonyl (C=O) groups excluding carboxylic acids is 2. The summed E-state index contributed by atoms with van der Waals surface area (Å²) in [6, 6.07) is 13.3. The van der Waals surface area contributed by atoms with Gasteiger partial charge in [-0.2, -0.15) is 0 Å². The van der Waals surface area contributed by atoms with Gasteiger partial charge in [0, 0.05) is 35.3 Å². The molecule has 1 N–H and O–H groups in total. The van der Waals surface area contributed by atoms with Crippen molar-refractivity contribution < 1.29 is 14.3 Å². The van der Waals surface area contributed by atoms with Gasteiger partial charge >= 0.3 is 0 Å². The Balaban J connectivity index is 1.38. The summed E-state index contributed by atoms with van der Waals surface area (Å²) in [5.41, 5.74) is 2.59. The minimum atomic E-state index is -0.0917. The van der Waals surface area contributed by atoms with Crippen molar-refractivity contribution in [3.05, 3.63) is 64.2 Å². The zero-order chi connectivity index (χ0) is 20.9. The molecule has 0 atom stereocenters. The van der Waals surface area contributed by atoms with Crippen molar-refractivity contribution in [1.29, 1.82) is 0 Å². The predicted octanol–water partition coefficient (Wildman–Crippen LogP) is 4.37. The number of hydrogen-bond donors (Lipinski definition) is 1. The minimum Gasteiger partial charge on any atom is -0.483 e. The first-order valence-electron chi connectivity index (χ1n) is 10.7. The van der Waals surface area contributed by atoms with Crippen LogP contribution in [0, 0.1) is 0 Å². The number of rotatable bonds is 6. The van der Waals surface area contributed by atoms with Crippen LogP contribution < -0.4 is 10.1 Å². The van der Waals surface area contributed by atoms with E-state index < -0.39 is 0 Å². The first kappa shape index (κ1) is 20.7. The molecule has 158 valence electrons. The van der Waals surface area contributed by atoms with E-state index in [1.54, 1.807) is 0 Å². The summed E-state index contributed by atoms with van der Waals surface area (Å²) in [6.07, 6.45) is 6.39. The van der Waals surface area contributed by atoms with Crippen LogP contribution in [0.25, 0.3) is 0 Å². The summed E-state index contributed by atoms with van der Waals surface area (Å²) >= 11 is 5.95. The van der Waals surface area contributed by atoms with Crippen LogP contribution in [0.15, 0.2) is 42.5 Å². The molecule has 2 aliphatic rings. The number of nitrogens with zero attached hydrogens (tertiary/aromatic N) is 1. The minimum absolute atomic E-state index is 0.0108. The Morgan fingerprint density at radius 3 is 2.63 bits per heavy atom. The van der Waals surface area contributed by atoms with Crippen molar-refractivity contribution in [2.75, 3.05) is 13.2 Å². The molecule has 2 aromatic rings. The van der Waals surface area contributed by atoms with E-state index in [4.69, 9.17) is 16.3 Å². The molecule has 1 aliphatic heterocycles. The van der Waals surface area contributed by atoms with Crippen LogP contribution in [0.3, 0.4) is 0 Å². The largest absolute Gasteiger partial charge is 0.483 e. The van der Waals surface area contributed by atoms with Gasteiger partial charge in [-0.3, -0.25) is 9.59 Å². The Bertz CT molecular complexity index is 907. The van der Waals surface area contributed by atoms with Gasteiger partial charge < -0.3 is 15.0 Å². The molecule has 1 aliphatic carbocycles. The number of halogens is 1. The topological polar surface area (TPSA) is 58.6 Å². The van der Waals surface area contributed by atoms with Gasteiger partial charge in [-0.15, -0.1) is 0 Å². The Hall–Kier alpha value is -2.53. The smallest absolute Gasteiger partial charge is 0.258 e. The lowest BCUT2D eigenvalue weighted by atomic mass is 9.95. The maximum Gasteiger partial charge on any atom is 0.258 e. The molecule has 1 fully saturated rings. The molecule has 2 aromatic carbocycles. The molecule has 6 heteroatoms. The molecule has 1 saturated carbocycles. The molecular formula is C24H27ClN2O3. The summed E-state index contributed by atoms with van der Waals surface area (Å²) in [5.74, 6) is 0.528. The average molecular weight is 427 g/mol. The molecule has 0 spiro atoms. The lowest BCUT2D eigenvalue weighted by molar-refractivity contribution is -0.124. The van der Waals surface area contributed by atoms with Crippen LogP contribution >= 0.6 is 11.6 Å². The van der Waals surface area contributed by atoms with Crippen molar-refractivity contribution in [2.24, 2.45) is 0 Å². The number of benzene rings is 2. The van der Waals surface area contributed by atoms with Crippen LogP contribution in [0.5, 0.6) is 5.75 Å². The Morgan fingerprint density at radius 2 is 1.87 bits per heavy atom. The molecule has 5 nitrogen and oxygen atoms in total. The van der Waals surface area contributed by atoms with Crippen molar-refractivity contribution in [3.8, 4) is 5.75 Å². The zero-order valence-corrected chi connectivity index (χ0v) is 17.8. The Labute approximate surface area is 182 Å². The molecule has 0 bridgehead atoms. The van der Waals surface area contributed by atoms with E-state index >= 15 is 0 Å². The number of hydrogen-bond acceptors (Lipinski definition) is 3. The predicted molar refractivity (Wildman–Crippen MR) is 117 cm³/mol. The summed E-state index contributed by atoms with van der Waals surface area (Å²) in [6.45, 7) is 1.14. The second-order valence-electron chi connectivity index (χ2n) is 8.08. The number of amides is 2. The number of carbonyl (C=O) groups is 2. The van der Waals surface area contributed by atoms with E-state index in [0.717, 1.165) is 24.0 Å². The first-order chi connectivity index (χ1) is 14.6. The van der Waals surface area contributed by atoms with Crippen molar-refractivity contribution in [2.45, 2.75) is 51.1 Å². The van der Waals surface area contributed by atoms with Gasteiger partial charge in [0.25, 0.3) is 11.8 Å². The third-order valence-corrected chi connectivity index (χ3v) is 6.15. The summed E-state index contributed by atoms with van der Waals surface area (Å²) in [4.78, 5) is 27.1. The summed E-state index contributed by atoms with van der Waals surface area (Å²) < 4.78 is 5.83. The molecule has 0 unspecified atom stereocenters. The van der Waals surface area contributed by atoms with E-state index in [9.17, 15) is 9.59 Å². The molecule has 2 amide bonds. The highest BCUT2D eigenvalue weighted by molar-refractivity contribution is 6.30. The molecule has 1 heterocycles. The molecule has 0 radical (unpaired) electrons. The van der Waals surface area contributed by atoms with Gasteiger partial charge in [0.1, 0.15) is 5.75 Å². The average Bonchev–Trinajstić information content (AvgIpc) is 2.76. The van der Waals surface area contributed by atoms with Gasteiger partial charge in [-0.05, 0) is 49.1 Å². The third-order valence-electron chi connectivity index (χ3n) is 5.90. The monoisotopic (exact) mass is 426 g/mol. The summed E-state index contributed by atoms with van der Waals surface area (Å²) in [5, 5.41) is 3.75. The zero-order valence-electron chi connectivity index (χ0n) is 17.0. The highest BCUT2D eigenvalue weighted by Gasteiger charge is 2.27. The van der Waals surface area contributed by atoms with Crippen LogP contribution in [0.2, 0.25) is 5.02 Å². The fourth-order valence-corrected chi connectivity index (χ4v) is 4.42. The quantitative estimate of drug-likeness (QED) is 0.746. The normalized spacial score (nSPS) is 16.8. The lowest BCUT2D eigenvalue weighted by Crippen LogP contribution is -2.39. The fraction of sp³-hybridized carbons (Fsp3) is 0.417. The van der Waals surface area contributed by atoms with Gasteiger partial charge in [-0.25, -0.2) is 0 Å². The maximum absolute atomic E-state index is 13.0. The maximum atomic E-state index is 13.0. The van der Waals surface area contributed by atoms with E-state index in [2.05, 4.69) is 5.32 Å². The van der Waals surface area contributed by atoms with Gasteiger partial charge in [0.05, 0.1) is 0 Å². The van der Waals surface area contributed by atoms with E-state index in [0.29, 0.717) is 35.8 Å². The second kappa shape index (κ2) is 9.52. The Kier molecular flexibility index (Phi) is 6.58. The molecular weight excluding hydrogens is 400 g/mol. The molecule has 30 heavy (non-hydrogen) atoms. The molecule has 0 saturated heterocycles. The Morgan fingerprint density at radius 1 is 1.10 bits per heavy atom. The highest BCUT2D eigenvalue weighted by atomic mass is 35.5. The van der Waals surface area contributed by atoms with Gasteiger partial charge in [0.2, 0.25) is 0 Å². The molecule has 4 rings (SSSR count). The molecule has 0 aromatic heterocycles. The fourth-order valence-electron chi connectivity index (χ4n) is 4.30. The van der Waals surface area contributed by atoms with Crippen molar-refractivity contribution in [1.82, 2.24) is 10.2 Å². The second-order valence-corrected chi connectivity index (χ2v) is 8.51. The van der Waals surface area contributed by atoms with Crippen LogP contribution in [-0.2, 0) is 17.8 Å². The van der Waals surface area contributed by atoms with Gasteiger partial charge in [-0.1, -0.05) is 49.1 Å². The number of fused-ring (bicyclic) bond motifs is 1. The van der Waals surface area contributed by atoms with Crippen molar-refractivity contribution >= 4 is 23.4 Å². The first-order valence-corrected chi connectivity index (χ1v) is 11.1. The summed E-state index contributed by atoms with van der Waals surface area (Å²) in [7, 11) is 0.